The number of halogens is 4. The molecule has 0 amide bonds. The Morgan fingerprint density at radius 2 is 1.68 bits per heavy atom. The molecular formula is C14H10ClF3O. The van der Waals surface area contributed by atoms with Crippen LogP contribution in [0.25, 0.3) is 0 Å². The number of aliphatic hydroxyl groups is 1. The topological polar surface area (TPSA) is 20.2 Å². The van der Waals surface area contributed by atoms with Crippen LogP contribution < -0.4 is 0 Å². The molecule has 0 aromatic heterocycles. The van der Waals surface area contributed by atoms with E-state index in [4.69, 9.17) is 11.6 Å². The summed E-state index contributed by atoms with van der Waals surface area (Å²) >= 11 is 5.43. The van der Waals surface area contributed by atoms with E-state index in [-0.39, 0.29) is 16.1 Å². The van der Waals surface area contributed by atoms with Crippen LogP contribution in [0, 0.1) is 24.4 Å². The van der Waals surface area contributed by atoms with E-state index in [0.717, 1.165) is 18.2 Å². The van der Waals surface area contributed by atoms with Crippen LogP contribution in [0.5, 0.6) is 0 Å². The van der Waals surface area contributed by atoms with Crippen molar-refractivity contribution in [2.24, 2.45) is 0 Å². The van der Waals surface area contributed by atoms with E-state index in [1.807, 2.05) is 0 Å². The molecule has 1 atom stereocenters. The van der Waals surface area contributed by atoms with Crippen LogP contribution in [0.1, 0.15) is 22.8 Å². The van der Waals surface area contributed by atoms with Gasteiger partial charge in [0.05, 0.1) is 5.02 Å². The molecule has 0 bridgehead atoms. The van der Waals surface area contributed by atoms with Gasteiger partial charge in [-0.1, -0.05) is 17.7 Å². The average Bonchev–Trinajstić information content (AvgIpc) is 2.31. The maximum absolute atomic E-state index is 13.7. The lowest BCUT2D eigenvalue weighted by atomic mass is 9.99. The van der Waals surface area contributed by atoms with Crippen molar-refractivity contribution in [3.05, 3.63) is 69.5 Å². The minimum absolute atomic E-state index is 0.151. The molecule has 0 aliphatic carbocycles. The molecule has 0 spiro atoms. The fraction of sp³-hybridized carbons (Fsp3) is 0.143. The lowest BCUT2D eigenvalue weighted by molar-refractivity contribution is 0.213. The predicted molar refractivity (Wildman–Crippen MR) is 66.6 cm³/mol. The van der Waals surface area contributed by atoms with E-state index in [2.05, 4.69) is 0 Å². The fourth-order valence-corrected chi connectivity index (χ4v) is 2.00. The number of hydrogen-bond acceptors (Lipinski definition) is 1. The first-order chi connectivity index (χ1) is 8.88. The molecule has 0 aliphatic rings. The zero-order valence-corrected chi connectivity index (χ0v) is 10.7. The highest BCUT2D eigenvalue weighted by molar-refractivity contribution is 6.30. The Morgan fingerprint density at radius 3 is 2.32 bits per heavy atom. The Morgan fingerprint density at radius 1 is 1.00 bits per heavy atom. The van der Waals surface area contributed by atoms with E-state index in [9.17, 15) is 18.3 Å². The number of aryl methyl sites for hydroxylation is 1. The van der Waals surface area contributed by atoms with E-state index >= 15 is 0 Å². The molecule has 2 aromatic carbocycles. The monoisotopic (exact) mass is 286 g/mol. The molecule has 0 saturated heterocycles. The van der Waals surface area contributed by atoms with Crippen molar-refractivity contribution in [3.8, 4) is 0 Å². The molecule has 0 saturated carbocycles. The van der Waals surface area contributed by atoms with Gasteiger partial charge >= 0.3 is 0 Å². The highest BCUT2D eigenvalue weighted by Crippen LogP contribution is 2.29. The first-order valence-electron chi connectivity index (χ1n) is 5.48. The van der Waals surface area contributed by atoms with Crippen molar-refractivity contribution in [1.29, 1.82) is 0 Å². The molecule has 1 N–H and O–H groups in total. The van der Waals surface area contributed by atoms with Gasteiger partial charge in [-0.2, -0.15) is 0 Å². The van der Waals surface area contributed by atoms with E-state index in [1.165, 1.54) is 12.1 Å². The summed E-state index contributed by atoms with van der Waals surface area (Å²) in [5.74, 6) is -2.24. The second-order valence-corrected chi connectivity index (χ2v) is 4.66. The van der Waals surface area contributed by atoms with Crippen LogP contribution in [0.3, 0.4) is 0 Å². The third-order valence-electron chi connectivity index (χ3n) is 2.71. The van der Waals surface area contributed by atoms with Gasteiger partial charge in [-0.3, -0.25) is 0 Å². The quantitative estimate of drug-likeness (QED) is 0.822. The summed E-state index contributed by atoms with van der Waals surface area (Å²) in [6, 6.07) is 5.43. The third-order valence-corrected chi connectivity index (χ3v) is 3.00. The summed E-state index contributed by atoms with van der Waals surface area (Å²) in [5, 5.41) is 9.65. The van der Waals surface area contributed by atoms with Gasteiger partial charge in [-0.05, 0) is 42.3 Å². The number of benzene rings is 2. The minimum Gasteiger partial charge on any atom is -0.384 e. The van der Waals surface area contributed by atoms with Gasteiger partial charge in [0, 0.05) is 5.56 Å². The Bertz CT molecular complexity index is 608. The molecule has 5 heteroatoms. The van der Waals surface area contributed by atoms with E-state index in [1.54, 1.807) is 6.92 Å². The van der Waals surface area contributed by atoms with Gasteiger partial charge < -0.3 is 5.11 Å². The second-order valence-electron chi connectivity index (χ2n) is 4.25. The first-order valence-corrected chi connectivity index (χ1v) is 5.86. The van der Waals surface area contributed by atoms with Gasteiger partial charge in [0.25, 0.3) is 0 Å². The van der Waals surface area contributed by atoms with Crippen LogP contribution in [-0.2, 0) is 0 Å². The lowest BCUT2D eigenvalue weighted by Crippen LogP contribution is -2.04. The third kappa shape index (κ3) is 2.91. The smallest absolute Gasteiger partial charge is 0.142 e. The van der Waals surface area contributed by atoms with Gasteiger partial charge in [-0.15, -0.1) is 0 Å². The zero-order valence-electron chi connectivity index (χ0n) is 9.92. The number of hydrogen-bond donors (Lipinski definition) is 1. The fourth-order valence-electron chi connectivity index (χ4n) is 1.85. The minimum atomic E-state index is -1.46. The van der Waals surface area contributed by atoms with Crippen molar-refractivity contribution in [1.82, 2.24) is 0 Å². The number of aliphatic hydroxyl groups excluding tert-OH is 1. The Labute approximate surface area is 113 Å². The molecular weight excluding hydrogens is 277 g/mol. The molecule has 1 nitrogen and oxygen atoms in total. The van der Waals surface area contributed by atoms with Gasteiger partial charge in [0.2, 0.25) is 0 Å². The molecule has 2 rings (SSSR count). The standard InChI is InChI=1S/C14H10ClF3O/c1-7-2-8(4-9(16)3-7)14(19)10-5-13(18)11(15)6-12(10)17/h2-6,14,19H,1H3. The predicted octanol–water partition coefficient (Wildman–Crippen LogP) is 4.15. The second kappa shape index (κ2) is 5.23. The van der Waals surface area contributed by atoms with Crippen LogP contribution in [0.4, 0.5) is 13.2 Å². The van der Waals surface area contributed by atoms with Gasteiger partial charge in [0.15, 0.2) is 0 Å². The van der Waals surface area contributed by atoms with Crippen molar-refractivity contribution in [3.63, 3.8) is 0 Å². The molecule has 0 radical (unpaired) electrons. The van der Waals surface area contributed by atoms with E-state index in [0.29, 0.717) is 5.56 Å². The van der Waals surface area contributed by atoms with Crippen LogP contribution >= 0.6 is 11.6 Å². The highest BCUT2D eigenvalue weighted by Gasteiger charge is 2.18. The Kier molecular flexibility index (Phi) is 3.83. The first kappa shape index (κ1) is 13.9. The van der Waals surface area contributed by atoms with E-state index < -0.39 is 23.6 Å². The Hall–Kier alpha value is -1.52. The molecule has 2 aromatic rings. The average molecular weight is 287 g/mol. The largest absolute Gasteiger partial charge is 0.384 e. The summed E-state index contributed by atoms with van der Waals surface area (Å²) in [4.78, 5) is 0. The van der Waals surface area contributed by atoms with Crippen molar-refractivity contribution in [2.75, 3.05) is 0 Å². The zero-order chi connectivity index (χ0) is 14.2. The maximum atomic E-state index is 13.7. The van der Waals surface area contributed by atoms with Crippen molar-refractivity contribution in [2.45, 2.75) is 13.0 Å². The highest BCUT2D eigenvalue weighted by atomic mass is 35.5. The molecule has 19 heavy (non-hydrogen) atoms. The summed E-state index contributed by atoms with van der Waals surface area (Å²) in [6.45, 7) is 1.64. The normalized spacial score (nSPS) is 12.5. The summed E-state index contributed by atoms with van der Waals surface area (Å²) < 4.78 is 40.2. The molecule has 0 heterocycles. The molecule has 0 aliphatic heterocycles. The van der Waals surface area contributed by atoms with Crippen molar-refractivity contribution < 1.29 is 18.3 Å². The van der Waals surface area contributed by atoms with Crippen molar-refractivity contribution >= 4 is 11.6 Å². The molecule has 0 fully saturated rings. The van der Waals surface area contributed by atoms with Crippen LogP contribution in [-0.4, -0.2) is 5.11 Å². The SMILES string of the molecule is Cc1cc(F)cc(C(O)c2cc(F)c(Cl)cc2F)c1. The summed E-state index contributed by atoms with van der Waals surface area (Å²) in [6.07, 6.45) is -1.46. The maximum Gasteiger partial charge on any atom is 0.142 e. The molecule has 1 unspecified atom stereocenters. The summed E-state index contributed by atoms with van der Waals surface area (Å²) in [7, 11) is 0. The lowest BCUT2D eigenvalue weighted by Gasteiger charge is -2.14. The van der Waals surface area contributed by atoms with Crippen LogP contribution in [0.15, 0.2) is 30.3 Å². The number of rotatable bonds is 2. The van der Waals surface area contributed by atoms with Crippen LogP contribution in [0.2, 0.25) is 5.02 Å². The Balaban J connectivity index is 2.49. The van der Waals surface area contributed by atoms with Gasteiger partial charge in [0.1, 0.15) is 23.6 Å². The van der Waals surface area contributed by atoms with Gasteiger partial charge in [-0.25, -0.2) is 13.2 Å². The summed E-state index contributed by atoms with van der Waals surface area (Å²) in [5.41, 5.74) is 0.439. The molecule has 100 valence electrons.